The Morgan fingerprint density at radius 3 is 2.47 bits per heavy atom. The minimum atomic E-state index is -1.05. The number of rotatable bonds is 1. The molecule has 1 N–H and O–H groups in total. The summed E-state index contributed by atoms with van der Waals surface area (Å²) in [6, 6.07) is 10.3. The lowest BCUT2D eigenvalue weighted by Crippen LogP contribution is -2.52. The van der Waals surface area contributed by atoms with E-state index in [-0.39, 0.29) is 5.78 Å². The molecule has 2 aliphatic rings. The number of nitriles is 1. The molecule has 1 atom stereocenters. The van der Waals surface area contributed by atoms with Crippen LogP contribution in [-0.2, 0) is 16.6 Å². The molecule has 3 heteroatoms. The second kappa shape index (κ2) is 4.18. The number of hydrogen-bond acceptors (Lipinski definition) is 3. The van der Waals surface area contributed by atoms with E-state index in [9.17, 15) is 15.2 Å². The first kappa shape index (κ1) is 12.4. The summed E-state index contributed by atoms with van der Waals surface area (Å²) >= 11 is 0. The standard InChI is InChI=1S/C16H17NO2/c17-11-15(16(19)9-6-13(18)7-10-16)8-5-12-3-1-2-4-14(12)15/h1-4,19H,5-10H2. The Hall–Kier alpha value is -1.66. The largest absolute Gasteiger partial charge is 0.388 e. The Morgan fingerprint density at radius 1 is 1.11 bits per heavy atom. The van der Waals surface area contributed by atoms with Crippen molar-refractivity contribution >= 4 is 5.78 Å². The minimum absolute atomic E-state index is 0.198. The Balaban J connectivity index is 2.07. The van der Waals surface area contributed by atoms with Gasteiger partial charge in [-0.2, -0.15) is 5.26 Å². The summed E-state index contributed by atoms with van der Waals surface area (Å²) in [5, 5.41) is 20.8. The van der Waals surface area contributed by atoms with E-state index >= 15 is 0 Å². The van der Waals surface area contributed by atoms with Gasteiger partial charge in [0.05, 0.1) is 11.7 Å². The molecule has 0 bridgehead atoms. The predicted octanol–water partition coefficient (Wildman–Crippen LogP) is 2.27. The lowest BCUT2D eigenvalue weighted by molar-refractivity contribution is -0.128. The molecule has 1 saturated carbocycles. The smallest absolute Gasteiger partial charge is 0.133 e. The van der Waals surface area contributed by atoms with Gasteiger partial charge < -0.3 is 5.11 Å². The molecule has 19 heavy (non-hydrogen) atoms. The van der Waals surface area contributed by atoms with Crippen LogP contribution in [-0.4, -0.2) is 16.5 Å². The highest BCUT2D eigenvalue weighted by molar-refractivity contribution is 5.79. The fraction of sp³-hybridized carbons (Fsp3) is 0.500. The molecule has 0 heterocycles. The maximum absolute atomic E-state index is 11.4. The highest BCUT2D eigenvalue weighted by Gasteiger charge is 2.55. The second-order valence-corrected chi connectivity index (χ2v) is 5.74. The van der Waals surface area contributed by atoms with E-state index in [1.54, 1.807) is 0 Å². The number of aryl methyl sites for hydroxylation is 1. The normalized spacial score (nSPS) is 28.7. The zero-order valence-electron chi connectivity index (χ0n) is 10.9. The van der Waals surface area contributed by atoms with Crippen LogP contribution < -0.4 is 0 Å². The van der Waals surface area contributed by atoms with E-state index < -0.39 is 11.0 Å². The number of hydrogen-bond donors (Lipinski definition) is 1. The zero-order chi connectivity index (χ0) is 13.5. The van der Waals surface area contributed by atoms with Crippen molar-refractivity contribution in [2.75, 3.05) is 0 Å². The molecular formula is C16H17NO2. The molecule has 0 amide bonds. The van der Waals surface area contributed by atoms with Crippen LogP contribution in [0.3, 0.4) is 0 Å². The van der Waals surface area contributed by atoms with E-state index in [1.165, 1.54) is 0 Å². The molecule has 0 spiro atoms. The van der Waals surface area contributed by atoms with Crippen LogP contribution >= 0.6 is 0 Å². The summed E-state index contributed by atoms with van der Waals surface area (Å²) in [6.07, 6.45) is 3.10. The average Bonchev–Trinajstić information content (AvgIpc) is 2.83. The van der Waals surface area contributed by atoms with Crippen LogP contribution in [0.5, 0.6) is 0 Å². The minimum Gasteiger partial charge on any atom is -0.388 e. The molecule has 0 aliphatic heterocycles. The van der Waals surface area contributed by atoms with Crippen molar-refractivity contribution < 1.29 is 9.90 Å². The van der Waals surface area contributed by atoms with Crippen LogP contribution in [0, 0.1) is 11.3 Å². The summed E-state index contributed by atoms with van der Waals surface area (Å²) in [5.41, 5.74) is 0.246. The molecule has 3 nitrogen and oxygen atoms in total. The Bertz CT molecular complexity index is 562. The van der Waals surface area contributed by atoms with Crippen molar-refractivity contribution in [3.8, 4) is 6.07 Å². The molecule has 1 unspecified atom stereocenters. The number of fused-ring (bicyclic) bond motifs is 1. The van der Waals surface area contributed by atoms with E-state index in [1.807, 2.05) is 24.3 Å². The zero-order valence-corrected chi connectivity index (χ0v) is 10.9. The van der Waals surface area contributed by atoms with Crippen LogP contribution in [0.15, 0.2) is 24.3 Å². The summed E-state index contributed by atoms with van der Waals surface area (Å²) < 4.78 is 0. The van der Waals surface area contributed by atoms with Gasteiger partial charge in [0.15, 0.2) is 0 Å². The van der Waals surface area contributed by atoms with Gasteiger partial charge in [-0.3, -0.25) is 4.79 Å². The first-order valence-electron chi connectivity index (χ1n) is 6.85. The van der Waals surface area contributed by atoms with Crippen molar-refractivity contribution in [1.82, 2.24) is 0 Å². The Kier molecular flexibility index (Phi) is 2.72. The van der Waals surface area contributed by atoms with Crippen molar-refractivity contribution in [2.45, 2.75) is 49.5 Å². The van der Waals surface area contributed by atoms with Crippen molar-refractivity contribution in [2.24, 2.45) is 0 Å². The second-order valence-electron chi connectivity index (χ2n) is 5.74. The number of nitrogens with zero attached hydrogens (tertiary/aromatic N) is 1. The fourth-order valence-corrected chi connectivity index (χ4v) is 3.68. The maximum atomic E-state index is 11.4. The SMILES string of the molecule is N#CC1(C2(O)CCC(=O)CC2)CCc2ccccc21. The fourth-order valence-electron chi connectivity index (χ4n) is 3.68. The topological polar surface area (TPSA) is 61.1 Å². The Morgan fingerprint density at radius 2 is 1.79 bits per heavy atom. The van der Waals surface area contributed by atoms with Crippen molar-refractivity contribution in [1.29, 1.82) is 5.26 Å². The summed E-state index contributed by atoms with van der Waals surface area (Å²) in [4.78, 5) is 11.4. The van der Waals surface area contributed by atoms with Gasteiger partial charge in [0.2, 0.25) is 0 Å². The quantitative estimate of drug-likeness (QED) is 0.837. The van der Waals surface area contributed by atoms with Crippen LogP contribution in [0.2, 0.25) is 0 Å². The molecular weight excluding hydrogens is 238 g/mol. The lowest BCUT2D eigenvalue weighted by atomic mass is 9.63. The van der Waals surface area contributed by atoms with Gasteiger partial charge in [-0.05, 0) is 36.8 Å². The lowest BCUT2D eigenvalue weighted by Gasteiger charge is -2.43. The number of aliphatic hydroxyl groups is 1. The first-order valence-corrected chi connectivity index (χ1v) is 6.85. The predicted molar refractivity (Wildman–Crippen MR) is 70.5 cm³/mol. The maximum Gasteiger partial charge on any atom is 0.133 e. The summed E-state index contributed by atoms with van der Waals surface area (Å²) in [6.45, 7) is 0. The molecule has 0 aromatic heterocycles. The monoisotopic (exact) mass is 255 g/mol. The third-order valence-electron chi connectivity index (χ3n) is 4.87. The van der Waals surface area contributed by atoms with E-state index in [4.69, 9.17) is 0 Å². The van der Waals surface area contributed by atoms with Gasteiger partial charge >= 0.3 is 0 Å². The number of ketones is 1. The highest BCUT2D eigenvalue weighted by atomic mass is 16.3. The van der Waals surface area contributed by atoms with Crippen LogP contribution in [0.4, 0.5) is 0 Å². The van der Waals surface area contributed by atoms with Gasteiger partial charge in [0, 0.05) is 12.8 Å². The van der Waals surface area contributed by atoms with Gasteiger partial charge in [-0.25, -0.2) is 0 Å². The Labute approximate surface area is 112 Å². The van der Waals surface area contributed by atoms with Gasteiger partial charge in [0.25, 0.3) is 0 Å². The molecule has 0 saturated heterocycles. The van der Waals surface area contributed by atoms with Gasteiger partial charge in [-0.1, -0.05) is 24.3 Å². The molecule has 1 fully saturated rings. The average molecular weight is 255 g/mol. The number of benzene rings is 1. The first-order chi connectivity index (χ1) is 9.11. The van der Waals surface area contributed by atoms with Crippen LogP contribution in [0.1, 0.15) is 43.2 Å². The molecule has 3 rings (SSSR count). The molecule has 0 radical (unpaired) electrons. The third kappa shape index (κ3) is 1.63. The highest BCUT2D eigenvalue weighted by Crippen LogP contribution is 2.50. The van der Waals surface area contributed by atoms with E-state index in [0.717, 1.165) is 17.5 Å². The molecule has 1 aromatic carbocycles. The number of carbonyl (C=O) groups excluding carboxylic acids is 1. The van der Waals surface area contributed by atoms with E-state index in [0.29, 0.717) is 32.1 Å². The van der Waals surface area contributed by atoms with Crippen molar-refractivity contribution in [3.05, 3.63) is 35.4 Å². The number of carbonyl (C=O) groups is 1. The molecule has 98 valence electrons. The van der Waals surface area contributed by atoms with Crippen molar-refractivity contribution in [3.63, 3.8) is 0 Å². The third-order valence-corrected chi connectivity index (χ3v) is 4.87. The van der Waals surface area contributed by atoms with Crippen LogP contribution in [0.25, 0.3) is 0 Å². The number of Topliss-reactive ketones (excluding diaryl/α,β-unsaturated/α-hetero) is 1. The van der Waals surface area contributed by atoms with Gasteiger partial charge in [-0.15, -0.1) is 0 Å². The van der Waals surface area contributed by atoms with Gasteiger partial charge in [0.1, 0.15) is 11.2 Å². The summed E-state index contributed by atoms with van der Waals surface area (Å²) in [7, 11) is 0. The summed E-state index contributed by atoms with van der Waals surface area (Å²) in [5.74, 6) is 0.198. The molecule has 2 aliphatic carbocycles. The van der Waals surface area contributed by atoms with E-state index in [2.05, 4.69) is 6.07 Å². The molecule has 1 aromatic rings.